The molecular weight excluding hydrogens is 1240 g/mol. The third kappa shape index (κ3) is 17.4. The number of methoxy groups -OCH3 is 6. The van der Waals surface area contributed by atoms with Gasteiger partial charge in [0.05, 0.1) is 64.4 Å². The van der Waals surface area contributed by atoms with Gasteiger partial charge in [-0.15, -0.1) is 0 Å². The lowest BCUT2D eigenvalue weighted by Gasteiger charge is -2.10. The predicted octanol–water partition coefficient (Wildman–Crippen LogP) is 15.4. The molecule has 0 atom stereocenters. The Hall–Kier alpha value is -5.32. The fourth-order valence-corrected chi connectivity index (χ4v) is 12.3. The number of ketones is 1. The number of aromatic carboxylic acids is 2. The molecule has 21 heteroatoms. The second-order valence-electron chi connectivity index (χ2n) is 14.6. The summed E-state index contributed by atoms with van der Waals surface area (Å²) in [6.45, 7) is 0. The number of halogens is 4. The number of benzene rings is 7. The van der Waals surface area contributed by atoms with Crippen molar-refractivity contribution in [3.8, 4) is 46.0 Å². The second kappa shape index (κ2) is 28.4. The molecule has 0 aromatic heterocycles. The lowest BCUT2D eigenvalue weighted by Crippen LogP contribution is -2.03. The van der Waals surface area contributed by atoms with Gasteiger partial charge in [-0.1, -0.05) is 111 Å². The van der Waals surface area contributed by atoms with E-state index in [0.717, 1.165) is 61.6 Å². The minimum Gasteiger partial charge on any atom is -0.508 e. The van der Waals surface area contributed by atoms with E-state index in [-0.39, 0.29) is 45.4 Å². The van der Waals surface area contributed by atoms with Crippen molar-refractivity contribution < 1.29 is 63.2 Å². The second-order valence-corrected chi connectivity index (χ2v) is 22.2. The van der Waals surface area contributed by atoms with Crippen molar-refractivity contribution in [3.63, 3.8) is 0 Å². The van der Waals surface area contributed by atoms with Crippen molar-refractivity contribution in [2.45, 2.75) is 35.8 Å². The van der Waals surface area contributed by atoms with E-state index in [2.05, 4.69) is 47.8 Å². The largest absolute Gasteiger partial charge is 0.508 e. The molecule has 4 N–H and O–H groups in total. The summed E-state index contributed by atoms with van der Waals surface area (Å²) in [7, 11) is 13.0. The van der Waals surface area contributed by atoms with Gasteiger partial charge < -0.3 is 48.8 Å². The van der Waals surface area contributed by atoms with Crippen molar-refractivity contribution in [1.82, 2.24) is 0 Å². The summed E-state index contributed by atoms with van der Waals surface area (Å²) < 4.78 is 34.1. The van der Waals surface area contributed by atoms with Crippen LogP contribution in [0.15, 0.2) is 164 Å². The van der Waals surface area contributed by atoms with Gasteiger partial charge in [0.15, 0.2) is 5.78 Å². The number of hydrogen-bond donors (Lipinski definition) is 4. The summed E-state index contributed by atoms with van der Waals surface area (Å²) in [4.78, 5) is 39.1. The van der Waals surface area contributed by atoms with Crippen molar-refractivity contribution in [3.05, 3.63) is 162 Å². The number of aromatic hydroxyl groups is 2. The Morgan fingerprint density at radius 1 is 0.534 bits per heavy atom. The van der Waals surface area contributed by atoms with Gasteiger partial charge in [-0.05, 0) is 96.6 Å². The monoisotopic (exact) mass is 1280 g/mol. The average Bonchev–Trinajstić information content (AvgIpc) is 3.50. The number of rotatable bonds is 13. The van der Waals surface area contributed by atoms with Crippen LogP contribution in [-0.2, 0) is 6.42 Å². The van der Waals surface area contributed by atoms with Crippen LogP contribution in [0.1, 0.15) is 36.6 Å². The molecule has 7 aromatic carbocycles. The zero-order chi connectivity index (χ0) is 53.4. The van der Waals surface area contributed by atoms with Crippen LogP contribution >= 0.6 is 105 Å². The molecule has 1 aliphatic heterocycles. The zero-order valence-electron chi connectivity index (χ0n) is 39.4. The number of phenols is 2. The highest BCUT2D eigenvalue weighted by Gasteiger charge is 2.24. The first kappa shape index (κ1) is 58.6. The molecule has 0 spiro atoms. The number of fused-ring (bicyclic) bond motifs is 2. The van der Waals surface area contributed by atoms with Gasteiger partial charge >= 0.3 is 11.9 Å². The van der Waals surface area contributed by atoms with Gasteiger partial charge in [0, 0.05) is 73.5 Å². The maximum absolute atomic E-state index is 12.2. The van der Waals surface area contributed by atoms with Crippen LogP contribution in [0.2, 0.25) is 5.02 Å². The fourth-order valence-electron chi connectivity index (χ4n) is 6.24. The molecule has 0 radical (unpaired) electrons. The topological polar surface area (TPSA) is 188 Å². The molecule has 7 aromatic rings. The molecule has 0 saturated heterocycles. The Morgan fingerprint density at radius 3 is 1.41 bits per heavy atom. The Labute approximate surface area is 468 Å². The van der Waals surface area contributed by atoms with Crippen molar-refractivity contribution >= 4 is 122 Å². The number of carbonyl (C=O) groups is 3. The predicted molar refractivity (Wildman–Crippen MR) is 298 cm³/mol. The quantitative estimate of drug-likeness (QED) is 0.0798. The molecule has 73 heavy (non-hydrogen) atoms. The molecular formula is C52H44Br3ClO13S4. The van der Waals surface area contributed by atoms with E-state index in [1.807, 2.05) is 66.7 Å². The van der Waals surface area contributed by atoms with E-state index in [4.69, 9.17) is 45.1 Å². The van der Waals surface area contributed by atoms with E-state index in [1.165, 1.54) is 41.7 Å². The highest BCUT2D eigenvalue weighted by Crippen LogP contribution is 2.44. The van der Waals surface area contributed by atoms with Gasteiger partial charge in [0.2, 0.25) is 0 Å². The summed E-state index contributed by atoms with van der Waals surface area (Å²) in [6.07, 6.45) is 0.251. The standard InChI is InChI=1S/C16H18O4S2.C15H13BrO4S.C14H9BrO3S.C7H4BrClO2/c1-17-11-5-12(18-2)8-15(7-11)21-22-16-9-13(19-3)6-14(10-16)20-4;1-19-10-6-11(20-2)8-12(7-10)21-14-5-9(16)3-4-13(14)15(17)18;15-8-2-1-7-3-10(17)14-11(18)5-9(16)6-13(14)19-12(7)4-8;8-4-1-2-5(7(10)11)6(9)3-4/h5-10H,1-4H3;3-8H,1-2H3,(H,17,18);1-2,4-6,16,18H,3H2;1-3H,(H,10,11). The first-order valence-corrected chi connectivity index (χ1v) is 27.4. The Kier molecular flexibility index (Phi) is 22.8. The van der Waals surface area contributed by atoms with E-state index in [9.17, 15) is 29.7 Å². The normalized spacial score (nSPS) is 11.0. The van der Waals surface area contributed by atoms with E-state index >= 15 is 0 Å². The number of hydrogen-bond acceptors (Lipinski definition) is 15. The minimum absolute atomic E-state index is 0.0463. The maximum atomic E-state index is 12.2. The average molecular weight is 1280 g/mol. The Balaban J connectivity index is 0.000000185. The third-order valence-corrected chi connectivity index (χ3v) is 16.0. The molecule has 1 heterocycles. The SMILES string of the molecule is COc1cc(OC)cc(SSc2cc(OC)cc(OC)c2)c1.COc1cc(OC)cc(Sc2cc(Br)ccc2C(=O)O)c1.O=C(O)c1ccc(Br)cc1Cl.O=C1Cc2ccc(Br)cc2Sc2cc(O)cc(O)c21. The summed E-state index contributed by atoms with van der Waals surface area (Å²) in [5.74, 6) is 2.07. The Morgan fingerprint density at radius 2 is 0.959 bits per heavy atom. The van der Waals surface area contributed by atoms with Crippen LogP contribution in [0, 0.1) is 0 Å². The van der Waals surface area contributed by atoms with E-state index in [0.29, 0.717) is 21.3 Å². The summed E-state index contributed by atoms with van der Waals surface area (Å²) in [5.41, 5.74) is 1.59. The molecule has 0 amide bonds. The fraction of sp³-hybridized carbons (Fsp3) is 0.135. The minimum atomic E-state index is -1.01. The van der Waals surface area contributed by atoms with Gasteiger partial charge in [-0.25, -0.2) is 9.59 Å². The number of ether oxygens (including phenoxy) is 6. The van der Waals surface area contributed by atoms with Crippen molar-refractivity contribution in [2.24, 2.45) is 0 Å². The lowest BCUT2D eigenvalue weighted by atomic mass is 10.0. The molecule has 0 aliphatic carbocycles. The first-order valence-electron chi connectivity index (χ1n) is 20.9. The van der Waals surface area contributed by atoms with Gasteiger partial charge in [-0.3, -0.25) is 4.79 Å². The molecule has 1 aliphatic rings. The molecule has 0 saturated carbocycles. The third-order valence-electron chi connectivity index (χ3n) is 9.72. The number of carboxylic acid groups (broad SMARTS) is 2. The first-order chi connectivity index (χ1) is 34.9. The van der Waals surface area contributed by atoms with E-state index in [1.54, 1.807) is 101 Å². The molecule has 0 bridgehead atoms. The maximum Gasteiger partial charge on any atom is 0.337 e. The van der Waals surface area contributed by atoms with Crippen molar-refractivity contribution in [1.29, 1.82) is 0 Å². The van der Waals surface area contributed by atoms with Gasteiger partial charge in [0.1, 0.15) is 46.0 Å². The number of carboxylic acids is 2. The van der Waals surface area contributed by atoms with Crippen LogP contribution in [0.25, 0.3) is 0 Å². The summed E-state index contributed by atoms with van der Waals surface area (Å²) in [5, 5.41) is 37.5. The van der Waals surface area contributed by atoms with Crippen LogP contribution in [-0.4, -0.2) is 80.8 Å². The number of Topliss-reactive ketones (excluding diaryl/α,β-unsaturated/α-hetero) is 1. The highest BCUT2D eigenvalue weighted by atomic mass is 79.9. The molecule has 382 valence electrons. The van der Waals surface area contributed by atoms with Gasteiger partial charge in [-0.2, -0.15) is 0 Å². The number of phenolic OH excluding ortho intramolecular Hbond substituents is 2. The molecule has 13 nitrogen and oxygen atoms in total. The molecule has 0 unspecified atom stereocenters. The van der Waals surface area contributed by atoms with Crippen LogP contribution < -0.4 is 28.4 Å². The van der Waals surface area contributed by atoms with E-state index < -0.39 is 11.9 Å². The molecule has 8 rings (SSSR count). The zero-order valence-corrected chi connectivity index (χ0v) is 48.1. The summed E-state index contributed by atoms with van der Waals surface area (Å²) in [6, 6.07) is 35.1. The Bertz CT molecular complexity index is 2990. The molecule has 0 fully saturated rings. The lowest BCUT2D eigenvalue weighted by molar-refractivity contribution is 0.0684. The van der Waals surface area contributed by atoms with Gasteiger partial charge in [0.25, 0.3) is 0 Å². The smallest absolute Gasteiger partial charge is 0.337 e. The van der Waals surface area contributed by atoms with Crippen molar-refractivity contribution in [2.75, 3.05) is 42.7 Å². The highest BCUT2D eigenvalue weighted by molar-refractivity contribution is 9.11. The van der Waals surface area contributed by atoms with Crippen LogP contribution in [0.5, 0.6) is 46.0 Å². The number of carbonyl (C=O) groups excluding carboxylic acids is 1. The summed E-state index contributed by atoms with van der Waals surface area (Å²) >= 11 is 18.3. The van der Waals surface area contributed by atoms with Crippen LogP contribution in [0.3, 0.4) is 0 Å². The van der Waals surface area contributed by atoms with Crippen LogP contribution in [0.4, 0.5) is 0 Å².